The van der Waals surface area contributed by atoms with Crippen molar-refractivity contribution < 1.29 is 23.0 Å². The first-order valence-electron chi connectivity index (χ1n) is 11.1. The maximum Gasteiger partial charge on any atom is 0.345 e. The molecule has 0 aliphatic rings. The maximum absolute atomic E-state index is 13.7. The second kappa shape index (κ2) is 11.1. The number of terminal acetylenes is 1. The summed E-state index contributed by atoms with van der Waals surface area (Å²) in [6.07, 6.45) is 5.55. The quantitative estimate of drug-likeness (QED) is 0.156. The zero-order chi connectivity index (χ0) is 25.5. The summed E-state index contributed by atoms with van der Waals surface area (Å²) >= 11 is 0. The lowest BCUT2D eigenvalue weighted by Gasteiger charge is -2.24. The Hall–Kier alpha value is -4.08. The van der Waals surface area contributed by atoms with Gasteiger partial charge in [-0.25, -0.2) is 13.6 Å². The fraction of sp³-hybridized carbons (Fsp3) is 0.100. The third kappa shape index (κ3) is 5.94. The van der Waals surface area contributed by atoms with Crippen LogP contribution in [0.1, 0.15) is 12.5 Å². The Morgan fingerprint density at radius 3 is 1.94 bits per heavy atom. The Balaban J connectivity index is 1.51. The molecule has 0 fully saturated rings. The molecular formula is C30H23F2O3S+. The Kier molecular flexibility index (Phi) is 7.72. The maximum atomic E-state index is 13.7. The summed E-state index contributed by atoms with van der Waals surface area (Å²) in [4.78, 5) is 15.9. The average Bonchev–Trinajstić information content (AvgIpc) is 2.88. The van der Waals surface area contributed by atoms with Gasteiger partial charge in [-0.3, -0.25) is 0 Å². The van der Waals surface area contributed by atoms with Crippen molar-refractivity contribution in [3.63, 3.8) is 0 Å². The van der Waals surface area contributed by atoms with Gasteiger partial charge < -0.3 is 9.47 Å². The second-order valence-corrected chi connectivity index (χ2v) is 10.0. The van der Waals surface area contributed by atoms with Gasteiger partial charge in [-0.15, -0.1) is 6.42 Å². The van der Waals surface area contributed by atoms with Crippen LogP contribution in [-0.2, 0) is 26.0 Å². The number of hydrogen-bond acceptors (Lipinski definition) is 3. The van der Waals surface area contributed by atoms with Gasteiger partial charge >= 0.3 is 5.97 Å². The first kappa shape index (κ1) is 25.0. The molecule has 0 heterocycles. The van der Waals surface area contributed by atoms with E-state index in [0.29, 0.717) is 5.75 Å². The molecule has 0 aliphatic carbocycles. The molecule has 0 aromatic heterocycles. The molecule has 3 nitrogen and oxygen atoms in total. The van der Waals surface area contributed by atoms with E-state index in [1.807, 2.05) is 54.6 Å². The molecule has 1 atom stereocenters. The summed E-state index contributed by atoms with van der Waals surface area (Å²) in [5.41, 5.74) is -1.63. The molecule has 6 heteroatoms. The molecule has 0 saturated heterocycles. The summed E-state index contributed by atoms with van der Waals surface area (Å²) in [5, 5.41) is 0. The lowest BCUT2D eigenvalue weighted by molar-refractivity contribution is -0.156. The van der Waals surface area contributed by atoms with E-state index in [0.717, 1.165) is 32.9 Å². The van der Waals surface area contributed by atoms with Gasteiger partial charge in [0.15, 0.2) is 26.9 Å². The Labute approximate surface area is 212 Å². The van der Waals surface area contributed by atoms with E-state index >= 15 is 0 Å². The second-order valence-electron chi connectivity index (χ2n) is 8.01. The van der Waals surface area contributed by atoms with Gasteiger partial charge in [0.05, 0.1) is 10.9 Å². The van der Waals surface area contributed by atoms with Crippen LogP contribution >= 0.6 is 0 Å². The molecule has 0 saturated carbocycles. The summed E-state index contributed by atoms with van der Waals surface area (Å²) in [7, 11) is -0.380. The monoisotopic (exact) mass is 501 g/mol. The number of carbonyl (C=O) groups excluding carboxylic acids is 1. The van der Waals surface area contributed by atoms with Gasteiger partial charge in [0.25, 0.3) is 0 Å². The van der Waals surface area contributed by atoms with Gasteiger partial charge in [0.1, 0.15) is 17.4 Å². The number of benzene rings is 4. The number of ether oxygens (including phenoxy) is 2. The largest absolute Gasteiger partial charge is 0.482 e. The lowest BCUT2D eigenvalue weighted by atomic mass is 9.96. The van der Waals surface area contributed by atoms with Crippen molar-refractivity contribution >= 4 is 16.9 Å². The molecule has 0 N–H and O–H groups in total. The van der Waals surface area contributed by atoms with Crippen molar-refractivity contribution in [3.05, 3.63) is 120 Å². The van der Waals surface area contributed by atoms with Crippen molar-refractivity contribution in [3.8, 4) is 18.1 Å². The van der Waals surface area contributed by atoms with E-state index in [2.05, 4.69) is 30.2 Å². The topological polar surface area (TPSA) is 35.5 Å². The Morgan fingerprint density at radius 1 is 0.833 bits per heavy atom. The van der Waals surface area contributed by atoms with Crippen molar-refractivity contribution in [2.24, 2.45) is 0 Å². The molecule has 4 aromatic carbocycles. The summed E-state index contributed by atoms with van der Waals surface area (Å²) in [6, 6.07) is 30.6. The minimum atomic E-state index is -1.65. The number of halogens is 2. The number of rotatable bonds is 8. The van der Waals surface area contributed by atoms with Crippen LogP contribution in [0.5, 0.6) is 5.75 Å². The molecule has 4 rings (SSSR count). The van der Waals surface area contributed by atoms with Gasteiger partial charge in [-0.2, -0.15) is 0 Å². The van der Waals surface area contributed by atoms with Crippen molar-refractivity contribution in [2.75, 3.05) is 6.61 Å². The van der Waals surface area contributed by atoms with Crippen LogP contribution in [0.2, 0.25) is 0 Å². The Bertz CT molecular complexity index is 1330. The highest BCUT2D eigenvalue weighted by atomic mass is 32.2. The summed E-state index contributed by atoms with van der Waals surface area (Å²) in [6.45, 7) is 0.966. The van der Waals surface area contributed by atoms with Crippen molar-refractivity contribution in [1.29, 1.82) is 0 Å². The minimum Gasteiger partial charge on any atom is -0.482 e. The van der Waals surface area contributed by atoms with Gasteiger partial charge in [-0.05, 0) is 55.5 Å². The number of hydrogen-bond donors (Lipinski definition) is 0. The van der Waals surface area contributed by atoms with Gasteiger partial charge in [0, 0.05) is 17.7 Å². The van der Waals surface area contributed by atoms with Crippen LogP contribution in [-0.4, -0.2) is 12.6 Å². The van der Waals surface area contributed by atoms with Crippen molar-refractivity contribution in [1.82, 2.24) is 0 Å². The highest BCUT2D eigenvalue weighted by Crippen LogP contribution is 2.33. The molecule has 4 aromatic rings. The molecule has 36 heavy (non-hydrogen) atoms. The van der Waals surface area contributed by atoms with E-state index in [1.165, 1.54) is 6.92 Å². The fourth-order valence-corrected chi connectivity index (χ4v) is 5.74. The Morgan fingerprint density at radius 2 is 1.39 bits per heavy atom. The first-order chi connectivity index (χ1) is 17.4. The van der Waals surface area contributed by atoms with Crippen LogP contribution in [0.3, 0.4) is 0 Å². The third-order valence-electron chi connectivity index (χ3n) is 5.36. The predicted molar refractivity (Wildman–Crippen MR) is 136 cm³/mol. The summed E-state index contributed by atoms with van der Waals surface area (Å²) < 4.78 is 38.5. The summed E-state index contributed by atoms with van der Waals surface area (Å²) in [5.74, 6) is 0.386. The number of carbonyl (C=O) groups is 1. The minimum absolute atomic E-state index is 0.0209. The van der Waals surface area contributed by atoms with Crippen LogP contribution in [0.4, 0.5) is 8.78 Å². The van der Waals surface area contributed by atoms with Gasteiger partial charge in [0.2, 0.25) is 0 Å². The third-order valence-corrected chi connectivity index (χ3v) is 7.57. The standard InChI is InChI=1S/C30H23F2O3S/c1-3-30(2,22-17-23(31)19-24(32)18-22)35-29(33)21-34-25-11-10-16-28(20-25)36(26-12-6-4-7-13-26)27-14-8-5-9-15-27/h1,4-20H,21H2,2H3/q+1. The average molecular weight is 502 g/mol. The lowest BCUT2D eigenvalue weighted by Crippen LogP contribution is -2.30. The van der Waals surface area contributed by atoms with Crippen molar-refractivity contribution in [2.45, 2.75) is 27.2 Å². The zero-order valence-corrected chi connectivity index (χ0v) is 20.3. The SMILES string of the molecule is C#CC(C)(OC(=O)COc1cccc([S+](c2ccccc2)c2ccccc2)c1)c1cc(F)cc(F)c1. The molecule has 0 bridgehead atoms. The van der Waals surface area contributed by atoms with E-state index in [4.69, 9.17) is 15.9 Å². The molecule has 180 valence electrons. The normalized spacial score (nSPS) is 12.4. The molecule has 0 aliphatic heterocycles. The first-order valence-corrected chi connectivity index (χ1v) is 12.3. The molecule has 0 spiro atoms. The van der Waals surface area contributed by atoms with E-state index in [-0.39, 0.29) is 16.5 Å². The van der Waals surface area contributed by atoms with Crippen LogP contribution in [0, 0.1) is 24.0 Å². The highest BCUT2D eigenvalue weighted by Gasteiger charge is 2.31. The zero-order valence-electron chi connectivity index (χ0n) is 19.5. The van der Waals surface area contributed by atoms with Crippen LogP contribution in [0.15, 0.2) is 118 Å². The highest BCUT2D eigenvalue weighted by molar-refractivity contribution is 7.97. The molecular weight excluding hydrogens is 478 g/mol. The molecule has 0 radical (unpaired) electrons. The molecule has 0 amide bonds. The fourth-order valence-electron chi connectivity index (χ4n) is 3.61. The molecule has 1 unspecified atom stereocenters. The smallest absolute Gasteiger partial charge is 0.345 e. The van der Waals surface area contributed by atoms with Gasteiger partial charge in [-0.1, -0.05) is 48.4 Å². The van der Waals surface area contributed by atoms with Crippen LogP contribution < -0.4 is 4.74 Å². The van der Waals surface area contributed by atoms with Crippen LogP contribution in [0.25, 0.3) is 0 Å². The van der Waals surface area contributed by atoms with E-state index < -0.39 is 29.8 Å². The number of esters is 1. The van der Waals surface area contributed by atoms with E-state index in [9.17, 15) is 13.6 Å². The predicted octanol–water partition coefficient (Wildman–Crippen LogP) is 6.53. The van der Waals surface area contributed by atoms with E-state index in [1.54, 1.807) is 6.07 Å².